The minimum absolute atomic E-state index is 0.711. The first-order valence-electron chi connectivity index (χ1n) is 7.09. The lowest BCUT2D eigenvalue weighted by Crippen LogP contribution is -2.45. The van der Waals surface area contributed by atoms with Crippen LogP contribution in [0.4, 0.5) is 0 Å². The molecule has 0 aromatic rings. The summed E-state index contributed by atoms with van der Waals surface area (Å²) in [6.07, 6.45) is 4.09. The molecule has 0 radical (unpaired) electrons. The number of nitrogens with zero attached hydrogens (tertiary/aromatic N) is 1. The van der Waals surface area contributed by atoms with Crippen LogP contribution in [0.15, 0.2) is 0 Å². The molecule has 0 aliphatic heterocycles. The molecular weight excluding hydrogens is 212 g/mol. The fourth-order valence-corrected chi connectivity index (χ4v) is 3.01. The van der Waals surface area contributed by atoms with Crippen molar-refractivity contribution in [3.63, 3.8) is 0 Å². The SMILES string of the molecule is CCN(CCOC)CC1CC(C)CCC1NC. The fraction of sp³-hybridized carbons (Fsp3) is 1.00. The van der Waals surface area contributed by atoms with E-state index in [9.17, 15) is 0 Å². The van der Waals surface area contributed by atoms with Crippen molar-refractivity contribution in [1.82, 2.24) is 10.2 Å². The second-order valence-electron chi connectivity index (χ2n) is 5.46. The van der Waals surface area contributed by atoms with Crippen LogP contribution in [-0.2, 0) is 4.74 Å². The lowest BCUT2D eigenvalue weighted by molar-refractivity contribution is 0.114. The number of methoxy groups -OCH3 is 1. The molecule has 0 aromatic carbocycles. The molecule has 3 nitrogen and oxygen atoms in total. The lowest BCUT2D eigenvalue weighted by atomic mass is 9.78. The third-order valence-corrected chi connectivity index (χ3v) is 4.17. The maximum atomic E-state index is 5.18. The average Bonchev–Trinajstić information content (AvgIpc) is 2.34. The van der Waals surface area contributed by atoms with Crippen molar-refractivity contribution < 1.29 is 4.74 Å². The van der Waals surface area contributed by atoms with Crippen LogP contribution in [0.25, 0.3) is 0 Å². The summed E-state index contributed by atoms with van der Waals surface area (Å²) >= 11 is 0. The predicted octanol–water partition coefficient (Wildman–Crippen LogP) is 1.98. The van der Waals surface area contributed by atoms with E-state index in [2.05, 4.69) is 31.1 Å². The summed E-state index contributed by atoms with van der Waals surface area (Å²) in [5.74, 6) is 1.70. The Kier molecular flexibility index (Phi) is 7.09. The highest BCUT2D eigenvalue weighted by molar-refractivity contribution is 4.84. The van der Waals surface area contributed by atoms with E-state index in [1.807, 2.05) is 0 Å². The van der Waals surface area contributed by atoms with Gasteiger partial charge in [0, 0.05) is 26.2 Å². The smallest absolute Gasteiger partial charge is 0.0589 e. The van der Waals surface area contributed by atoms with Crippen LogP contribution < -0.4 is 5.32 Å². The molecule has 102 valence electrons. The molecule has 0 bridgehead atoms. The molecule has 1 saturated carbocycles. The van der Waals surface area contributed by atoms with Crippen molar-refractivity contribution in [2.45, 2.75) is 39.2 Å². The van der Waals surface area contributed by atoms with Crippen molar-refractivity contribution in [1.29, 1.82) is 0 Å². The summed E-state index contributed by atoms with van der Waals surface area (Å²) in [5.41, 5.74) is 0. The largest absolute Gasteiger partial charge is 0.383 e. The normalized spacial score (nSPS) is 29.8. The Bertz CT molecular complexity index is 199. The minimum Gasteiger partial charge on any atom is -0.383 e. The monoisotopic (exact) mass is 242 g/mol. The van der Waals surface area contributed by atoms with Crippen LogP contribution in [0.3, 0.4) is 0 Å². The van der Waals surface area contributed by atoms with Gasteiger partial charge in [-0.3, -0.25) is 0 Å². The summed E-state index contributed by atoms with van der Waals surface area (Å²) < 4.78 is 5.18. The molecule has 1 N–H and O–H groups in total. The van der Waals surface area contributed by atoms with Gasteiger partial charge in [0.1, 0.15) is 0 Å². The van der Waals surface area contributed by atoms with Crippen LogP contribution in [0.2, 0.25) is 0 Å². The lowest BCUT2D eigenvalue weighted by Gasteiger charge is -2.37. The molecule has 0 aromatic heterocycles. The zero-order valence-corrected chi connectivity index (χ0v) is 12.0. The van der Waals surface area contributed by atoms with Gasteiger partial charge in [-0.25, -0.2) is 0 Å². The number of likely N-dealkylation sites (N-methyl/N-ethyl adjacent to an activating group) is 1. The summed E-state index contributed by atoms with van der Waals surface area (Å²) in [7, 11) is 3.89. The second kappa shape index (κ2) is 8.06. The van der Waals surface area contributed by atoms with Crippen LogP contribution in [-0.4, -0.2) is 51.3 Å². The Morgan fingerprint density at radius 3 is 2.71 bits per heavy atom. The van der Waals surface area contributed by atoms with Crippen LogP contribution in [0.1, 0.15) is 33.1 Å². The zero-order valence-electron chi connectivity index (χ0n) is 12.0. The number of ether oxygens (including phenoxy) is 1. The molecule has 17 heavy (non-hydrogen) atoms. The maximum Gasteiger partial charge on any atom is 0.0589 e. The molecular formula is C14H30N2O. The predicted molar refractivity (Wildman–Crippen MR) is 73.3 cm³/mol. The van der Waals surface area contributed by atoms with Gasteiger partial charge < -0.3 is 15.0 Å². The summed E-state index contributed by atoms with van der Waals surface area (Å²) in [5, 5.41) is 3.50. The molecule has 3 unspecified atom stereocenters. The van der Waals surface area contributed by atoms with E-state index in [0.29, 0.717) is 6.04 Å². The Morgan fingerprint density at radius 2 is 2.12 bits per heavy atom. The van der Waals surface area contributed by atoms with E-state index < -0.39 is 0 Å². The number of rotatable bonds is 7. The van der Waals surface area contributed by atoms with Crippen molar-refractivity contribution in [3.05, 3.63) is 0 Å². The van der Waals surface area contributed by atoms with Crippen molar-refractivity contribution in [2.24, 2.45) is 11.8 Å². The quantitative estimate of drug-likeness (QED) is 0.739. The maximum absolute atomic E-state index is 5.18. The Balaban J connectivity index is 2.43. The Hall–Kier alpha value is -0.120. The molecule has 1 rings (SSSR count). The topological polar surface area (TPSA) is 24.5 Å². The van der Waals surface area contributed by atoms with Gasteiger partial charge in [0.25, 0.3) is 0 Å². The molecule has 1 aliphatic carbocycles. The van der Waals surface area contributed by atoms with Gasteiger partial charge in [-0.1, -0.05) is 13.8 Å². The van der Waals surface area contributed by atoms with Crippen molar-refractivity contribution in [3.8, 4) is 0 Å². The highest BCUT2D eigenvalue weighted by Crippen LogP contribution is 2.29. The number of nitrogens with one attached hydrogen (secondary N) is 1. The number of hydrogen-bond acceptors (Lipinski definition) is 3. The Morgan fingerprint density at radius 1 is 1.35 bits per heavy atom. The van der Waals surface area contributed by atoms with Crippen LogP contribution in [0, 0.1) is 11.8 Å². The highest BCUT2D eigenvalue weighted by Gasteiger charge is 2.28. The highest BCUT2D eigenvalue weighted by atomic mass is 16.5. The van der Waals surface area contributed by atoms with Crippen LogP contribution >= 0.6 is 0 Å². The first-order valence-corrected chi connectivity index (χ1v) is 7.09. The first-order chi connectivity index (χ1) is 8.21. The standard InChI is InChI=1S/C14H30N2O/c1-5-16(8-9-17-4)11-13-10-12(2)6-7-14(13)15-3/h12-15H,5-11H2,1-4H3. The van der Waals surface area contributed by atoms with E-state index >= 15 is 0 Å². The third kappa shape index (κ3) is 4.94. The minimum atomic E-state index is 0.711. The van der Waals surface area contributed by atoms with Gasteiger partial charge in [0.2, 0.25) is 0 Å². The third-order valence-electron chi connectivity index (χ3n) is 4.17. The number of hydrogen-bond donors (Lipinski definition) is 1. The van der Waals surface area contributed by atoms with Crippen molar-refractivity contribution in [2.75, 3.05) is 40.4 Å². The van der Waals surface area contributed by atoms with E-state index in [4.69, 9.17) is 4.74 Å². The van der Waals surface area contributed by atoms with Gasteiger partial charge in [0.15, 0.2) is 0 Å². The van der Waals surface area contributed by atoms with Crippen molar-refractivity contribution >= 4 is 0 Å². The molecule has 0 saturated heterocycles. The molecule has 0 heterocycles. The van der Waals surface area contributed by atoms with Gasteiger partial charge in [0.05, 0.1) is 6.61 Å². The van der Waals surface area contributed by atoms with Gasteiger partial charge in [-0.05, 0) is 44.7 Å². The molecule has 3 atom stereocenters. The Labute approximate surface area is 107 Å². The average molecular weight is 242 g/mol. The van der Waals surface area contributed by atoms with E-state index in [1.54, 1.807) is 7.11 Å². The van der Waals surface area contributed by atoms with E-state index in [-0.39, 0.29) is 0 Å². The molecule has 0 amide bonds. The molecule has 3 heteroatoms. The molecule has 1 fully saturated rings. The molecule has 1 aliphatic rings. The molecule has 0 spiro atoms. The van der Waals surface area contributed by atoms with Crippen LogP contribution in [0.5, 0.6) is 0 Å². The van der Waals surface area contributed by atoms with E-state index in [1.165, 1.54) is 25.8 Å². The summed E-state index contributed by atoms with van der Waals surface area (Å²) in [4.78, 5) is 2.52. The second-order valence-corrected chi connectivity index (χ2v) is 5.46. The van der Waals surface area contributed by atoms with Gasteiger partial charge in [-0.2, -0.15) is 0 Å². The van der Waals surface area contributed by atoms with E-state index in [0.717, 1.165) is 31.5 Å². The fourth-order valence-electron chi connectivity index (χ4n) is 3.01. The van der Waals surface area contributed by atoms with Gasteiger partial charge >= 0.3 is 0 Å². The first kappa shape index (κ1) is 14.9. The van der Waals surface area contributed by atoms with Gasteiger partial charge in [-0.15, -0.1) is 0 Å². The summed E-state index contributed by atoms with van der Waals surface area (Å²) in [6.45, 7) is 8.90. The summed E-state index contributed by atoms with van der Waals surface area (Å²) in [6, 6.07) is 0.711. The zero-order chi connectivity index (χ0) is 12.7.